The third-order valence-corrected chi connectivity index (χ3v) is 4.37. The summed E-state index contributed by atoms with van der Waals surface area (Å²) in [7, 11) is 1.42. The maximum atomic E-state index is 12.7. The van der Waals surface area contributed by atoms with Crippen LogP contribution in [0.25, 0.3) is 0 Å². The molecule has 4 N–H and O–H groups in total. The zero-order chi connectivity index (χ0) is 17.8. The predicted molar refractivity (Wildman–Crippen MR) is 94.7 cm³/mol. The van der Waals surface area contributed by atoms with Crippen LogP contribution >= 0.6 is 11.3 Å². The Bertz CT molecular complexity index is 883. The van der Waals surface area contributed by atoms with E-state index in [1.807, 2.05) is 30.3 Å². The lowest BCUT2D eigenvalue weighted by Crippen LogP contribution is -2.29. The van der Waals surface area contributed by atoms with E-state index in [4.69, 9.17) is 10.5 Å². The second-order valence-electron chi connectivity index (χ2n) is 5.18. The minimum absolute atomic E-state index is 0.0319. The zero-order valence-corrected chi connectivity index (χ0v) is 14.2. The van der Waals surface area contributed by atoms with E-state index in [1.165, 1.54) is 36.6 Å². The first-order chi connectivity index (χ1) is 12.1. The molecule has 0 saturated heterocycles. The fraction of sp³-hybridized carbons (Fsp3) is 0.118. The van der Waals surface area contributed by atoms with Gasteiger partial charge in [0.15, 0.2) is 11.5 Å². The van der Waals surface area contributed by atoms with E-state index >= 15 is 0 Å². The molecule has 0 spiro atoms. The number of ether oxygens (including phenoxy) is 1. The summed E-state index contributed by atoms with van der Waals surface area (Å²) in [6.45, 7) is 0. The Morgan fingerprint density at radius 3 is 2.64 bits per heavy atom. The Labute approximate surface area is 148 Å². The van der Waals surface area contributed by atoms with Crippen molar-refractivity contribution in [3.05, 3.63) is 64.7 Å². The SMILES string of the molecule is COc1cc(C(=O)NC(c2ccccc2)c2nnc(N)s2)ccc1O. The minimum Gasteiger partial charge on any atom is -0.504 e. The van der Waals surface area contributed by atoms with Crippen LogP contribution in [0.2, 0.25) is 0 Å². The van der Waals surface area contributed by atoms with Crippen molar-refractivity contribution in [1.82, 2.24) is 15.5 Å². The third-order valence-electron chi connectivity index (χ3n) is 3.55. The Balaban J connectivity index is 1.91. The number of benzene rings is 2. The third kappa shape index (κ3) is 3.69. The van der Waals surface area contributed by atoms with Gasteiger partial charge in [0.1, 0.15) is 11.0 Å². The number of aromatic hydroxyl groups is 1. The summed E-state index contributed by atoms with van der Waals surface area (Å²) in [4.78, 5) is 12.7. The van der Waals surface area contributed by atoms with E-state index in [-0.39, 0.29) is 17.4 Å². The molecule has 128 valence electrons. The van der Waals surface area contributed by atoms with Crippen LogP contribution in [0, 0.1) is 0 Å². The first-order valence-electron chi connectivity index (χ1n) is 7.40. The quantitative estimate of drug-likeness (QED) is 0.647. The van der Waals surface area contributed by atoms with Crippen LogP contribution in [-0.2, 0) is 0 Å². The molecule has 0 aliphatic carbocycles. The van der Waals surface area contributed by atoms with E-state index in [1.54, 1.807) is 0 Å². The number of carbonyl (C=O) groups is 1. The molecule has 0 radical (unpaired) electrons. The Morgan fingerprint density at radius 1 is 1.24 bits per heavy atom. The summed E-state index contributed by atoms with van der Waals surface area (Å²) in [5.41, 5.74) is 6.89. The van der Waals surface area contributed by atoms with Crippen LogP contribution in [0.1, 0.15) is 27.0 Å². The number of anilines is 1. The number of amides is 1. The summed E-state index contributed by atoms with van der Waals surface area (Å²) in [6, 6.07) is 13.3. The molecule has 0 fully saturated rings. The number of rotatable bonds is 5. The molecule has 3 aromatic rings. The molecule has 25 heavy (non-hydrogen) atoms. The molecule has 0 bridgehead atoms. The number of hydrogen-bond acceptors (Lipinski definition) is 7. The lowest BCUT2D eigenvalue weighted by Gasteiger charge is -2.17. The Hall–Kier alpha value is -3.13. The van der Waals surface area contributed by atoms with Crippen LogP contribution in [0.4, 0.5) is 5.13 Å². The molecule has 1 amide bonds. The lowest BCUT2D eigenvalue weighted by molar-refractivity contribution is 0.0942. The van der Waals surface area contributed by atoms with Crippen LogP contribution in [-0.4, -0.2) is 28.3 Å². The molecule has 0 aliphatic heterocycles. The number of carbonyl (C=O) groups excluding carboxylic acids is 1. The standard InChI is InChI=1S/C17H16N4O3S/c1-24-13-9-11(7-8-12(13)22)15(23)19-14(10-5-3-2-4-6-10)16-20-21-17(18)25-16/h2-9,14,22H,1H3,(H2,18,21)(H,19,23). The van der Waals surface area contributed by atoms with E-state index < -0.39 is 6.04 Å². The van der Waals surface area contributed by atoms with Crippen molar-refractivity contribution < 1.29 is 14.6 Å². The predicted octanol–water partition coefficient (Wildman–Crippen LogP) is 2.35. The number of methoxy groups -OCH3 is 1. The minimum atomic E-state index is -0.483. The van der Waals surface area contributed by atoms with Gasteiger partial charge in [-0.25, -0.2) is 0 Å². The maximum absolute atomic E-state index is 12.7. The van der Waals surface area contributed by atoms with Crippen LogP contribution in [0.3, 0.4) is 0 Å². The van der Waals surface area contributed by atoms with Crippen LogP contribution in [0.15, 0.2) is 48.5 Å². The number of nitrogens with two attached hydrogens (primary N) is 1. The highest BCUT2D eigenvalue weighted by atomic mass is 32.1. The molecule has 0 saturated carbocycles. The number of phenols is 1. The van der Waals surface area contributed by atoms with Crippen molar-refractivity contribution in [3.63, 3.8) is 0 Å². The number of aromatic nitrogens is 2. The van der Waals surface area contributed by atoms with Gasteiger partial charge in [0, 0.05) is 5.56 Å². The molecule has 7 nitrogen and oxygen atoms in total. The average Bonchev–Trinajstić information content (AvgIpc) is 3.06. The van der Waals surface area contributed by atoms with E-state index in [9.17, 15) is 9.90 Å². The van der Waals surface area contributed by atoms with Crippen molar-refractivity contribution in [2.75, 3.05) is 12.8 Å². The normalized spacial score (nSPS) is 11.7. The molecular formula is C17H16N4O3S. The molecule has 1 aromatic heterocycles. The number of hydrogen-bond donors (Lipinski definition) is 3. The summed E-state index contributed by atoms with van der Waals surface area (Å²) in [5, 5.41) is 21.4. The monoisotopic (exact) mass is 356 g/mol. The molecule has 1 unspecified atom stereocenters. The van der Waals surface area contributed by atoms with Gasteiger partial charge in [-0.2, -0.15) is 0 Å². The van der Waals surface area contributed by atoms with Gasteiger partial charge < -0.3 is 20.9 Å². The van der Waals surface area contributed by atoms with E-state index in [2.05, 4.69) is 15.5 Å². The number of nitrogen functional groups attached to an aromatic ring is 1. The summed E-state index contributed by atoms with van der Waals surface area (Å²) >= 11 is 1.21. The molecule has 1 atom stereocenters. The van der Waals surface area contributed by atoms with Gasteiger partial charge in [0.25, 0.3) is 5.91 Å². The van der Waals surface area contributed by atoms with Crippen molar-refractivity contribution in [2.24, 2.45) is 0 Å². The lowest BCUT2D eigenvalue weighted by atomic mass is 10.1. The second-order valence-corrected chi connectivity index (χ2v) is 6.22. The van der Waals surface area contributed by atoms with Gasteiger partial charge in [0.05, 0.1) is 7.11 Å². The molecular weight excluding hydrogens is 340 g/mol. The number of nitrogens with one attached hydrogen (secondary N) is 1. The van der Waals surface area contributed by atoms with E-state index in [0.717, 1.165) is 5.56 Å². The van der Waals surface area contributed by atoms with Crippen molar-refractivity contribution in [3.8, 4) is 11.5 Å². The molecule has 1 heterocycles. The summed E-state index contributed by atoms with van der Waals surface area (Å²) in [5.74, 6) is -0.138. The topological polar surface area (TPSA) is 110 Å². The Morgan fingerprint density at radius 2 is 2.00 bits per heavy atom. The van der Waals surface area contributed by atoms with Crippen LogP contribution < -0.4 is 15.8 Å². The first-order valence-corrected chi connectivity index (χ1v) is 8.22. The highest BCUT2D eigenvalue weighted by molar-refractivity contribution is 7.15. The summed E-state index contributed by atoms with van der Waals surface area (Å²) in [6.07, 6.45) is 0. The van der Waals surface area contributed by atoms with Crippen molar-refractivity contribution >= 4 is 22.4 Å². The van der Waals surface area contributed by atoms with Gasteiger partial charge in [-0.15, -0.1) is 10.2 Å². The Kier molecular flexibility index (Phi) is 4.80. The first kappa shape index (κ1) is 16.7. The zero-order valence-electron chi connectivity index (χ0n) is 13.3. The number of phenolic OH excluding ortho intramolecular Hbond substituents is 1. The highest BCUT2D eigenvalue weighted by Crippen LogP contribution is 2.28. The van der Waals surface area contributed by atoms with Crippen molar-refractivity contribution in [2.45, 2.75) is 6.04 Å². The fourth-order valence-corrected chi connectivity index (χ4v) is 3.02. The molecule has 8 heteroatoms. The van der Waals surface area contributed by atoms with Gasteiger partial charge in [-0.05, 0) is 23.8 Å². The maximum Gasteiger partial charge on any atom is 0.252 e. The van der Waals surface area contributed by atoms with Gasteiger partial charge >= 0.3 is 0 Å². The van der Waals surface area contributed by atoms with Crippen LogP contribution in [0.5, 0.6) is 11.5 Å². The second kappa shape index (κ2) is 7.18. The van der Waals surface area contributed by atoms with Gasteiger partial charge in [-0.3, -0.25) is 4.79 Å². The highest BCUT2D eigenvalue weighted by Gasteiger charge is 2.22. The molecule has 2 aromatic carbocycles. The van der Waals surface area contributed by atoms with E-state index in [0.29, 0.717) is 15.7 Å². The number of nitrogens with zero attached hydrogens (tertiary/aromatic N) is 2. The average molecular weight is 356 g/mol. The molecule has 3 rings (SSSR count). The van der Waals surface area contributed by atoms with Gasteiger partial charge in [0.2, 0.25) is 5.13 Å². The van der Waals surface area contributed by atoms with Gasteiger partial charge in [-0.1, -0.05) is 41.7 Å². The van der Waals surface area contributed by atoms with Crippen molar-refractivity contribution in [1.29, 1.82) is 0 Å². The largest absolute Gasteiger partial charge is 0.504 e. The smallest absolute Gasteiger partial charge is 0.252 e. The fourth-order valence-electron chi connectivity index (χ4n) is 2.33. The molecule has 0 aliphatic rings. The summed E-state index contributed by atoms with van der Waals surface area (Å²) < 4.78 is 5.05.